The van der Waals surface area contributed by atoms with Gasteiger partial charge in [-0.05, 0) is 55.6 Å². The summed E-state index contributed by atoms with van der Waals surface area (Å²) in [6.45, 7) is 9.01. The summed E-state index contributed by atoms with van der Waals surface area (Å²) in [5.74, 6) is 3.01. The fraction of sp³-hybridized carbons (Fsp3) is 0.571. The van der Waals surface area contributed by atoms with Crippen molar-refractivity contribution < 1.29 is 4.42 Å². The minimum absolute atomic E-state index is 0.157. The molecular weight excluding hydrogens is 340 g/mol. The second-order valence-electron chi connectivity index (χ2n) is 8.73. The normalized spacial score (nSPS) is 21.0. The van der Waals surface area contributed by atoms with Crippen LogP contribution in [0.5, 0.6) is 0 Å². The fourth-order valence-corrected chi connectivity index (χ4v) is 4.35. The highest BCUT2D eigenvalue weighted by Crippen LogP contribution is 2.43. The van der Waals surface area contributed by atoms with Crippen LogP contribution < -0.4 is 5.56 Å². The maximum absolute atomic E-state index is 12.8. The van der Waals surface area contributed by atoms with Crippen LogP contribution in [0.2, 0.25) is 0 Å². The van der Waals surface area contributed by atoms with Crippen LogP contribution in [0.15, 0.2) is 27.6 Å². The van der Waals surface area contributed by atoms with Crippen molar-refractivity contribution >= 4 is 5.52 Å². The molecule has 6 nitrogen and oxygen atoms in total. The van der Waals surface area contributed by atoms with Crippen molar-refractivity contribution in [3.63, 3.8) is 0 Å². The smallest absolute Gasteiger partial charge is 0.277 e. The molecule has 0 aromatic carbocycles. The third kappa shape index (κ3) is 3.22. The van der Waals surface area contributed by atoms with Crippen molar-refractivity contribution in [3.05, 3.63) is 40.3 Å². The first-order valence-corrected chi connectivity index (χ1v) is 9.94. The van der Waals surface area contributed by atoms with Gasteiger partial charge >= 0.3 is 0 Å². The predicted octanol–water partition coefficient (Wildman–Crippen LogP) is 4.56. The lowest BCUT2D eigenvalue weighted by atomic mass is 9.70. The van der Waals surface area contributed by atoms with Crippen LogP contribution in [0.25, 0.3) is 17.1 Å². The Bertz CT molecular complexity index is 984. The zero-order chi connectivity index (χ0) is 19.2. The van der Waals surface area contributed by atoms with Crippen molar-refractivity contribution in [1.29, 1.82) is 0 Å². The summed E-state index contributed by atoms with van der Waals surface area (Å²) in [6, 6.07) is 3.59. The topological polar surface area (TPSA) is 76.2 Å². The van der Waals surface area contributed by atoms with Crippen molar-refractivity contribution in [1.82, 2.24) is 19.6 Å². The Morgan fingerprint density at radius 2 is 2.00 bits per heavy atom. The quantitative estimate of drug-likeness (QED) is 0.735. The van der Waals surface area contributed by atoms with E-state index in [-0.39, 0.29) is 5.56 Å². The van der Waals surface area contributed by atoms with Crippen LogP contribution in [0.1, 0.15) is 70.8 Å². The maximum atomic E-state index is 12.8. The van der Waals surface area contributed by atoms with Gasteiger partial charge in [0.1, 0.15) is 5.82 Å². The van der Waals surface area contributed by atoms with Crippen molar-refractivity contribution in [2.45, 2.75) is 65.7 Å². The van der Waals surface area contributed by atoms with E-state index < -0.39 is 0 Å². The SMILES string of the molecule is CCc1nc(C2CCC(C(C)(C)C)CC2)n2nc(-c3ccco3)[nH]c(=O)c12. The van der Waals surface area contributed by atoms with Gasteiger partial charge in [0.25, 0.3) is 5.56 Å². The number of H-pyrrole nitrogens is 1. The summed E-state index contributed by atoms with van der Waals surface area (Å²) in [7, 11) is 0. The second kappa shape index (κ2) is 6.66. The average molecular weight is 368 g/mol. The summed E-state index contributed by atoms with van der Waals surface area (Å²) in [6.07, 6.45) is 6.87. The lowest BCUT2D eigenvalue weighted by Crippen LogP contribution is -2.26. The van der Waals surface area contributed by atoms with E-state index in [0.717, 1.165) is 30.3 Å². The molecule has 0 spiro atoms. The lowest BCUT2D eigenvalue weighted by molar-refractivity contribution is 0.167. The number of aryl methyl sites for hydroxylation is 1. The van der Waals surface area contributed by atoms with Gasteiger partial charge < -0.3 is 9.40 Å². The average Bonchev–Trinajstić information content (AvgIpc) is 3.29. The number of aromatic amines is 1. The Morgan fingerprint density at radius 3 is 2.59 bits per heavy atom. The number of imidazole rings is 1. The highest BCUT2D eigenvalue weighted by Gasteiger charge is 2.32. The monoisotopic (exact) mass is 368 g/mol. The van der Waals surface area contributed by atoms with Crippen molar-refractivity contribution in [2.75, 3.05) is 0 Å². The molecule has 0 atom stereocenters. The standard InChI is InChI=1S/C21H28N4O2/c1-5-15-17-20(26)23-18(16-7-6-12-27-16)24-25(17)19(22-15)13-8-10-14(11-9-13)21(2,3)4/h6-7,12-14H,5,8-11H2,1-4H3,(H,23,24,26). The van der Waals surface area contributed by atoms with E-state index in [0.29, 0.717) is 34.9 Å². The minimum Gasteiger partial charge on any atom is -0.461 e. The van der Waals surface area contributed by atoms with Crippen LogP contribution in [-0.4, -0.2) is 19.6 Å². The van der Waals surface area contributed by atoms with Gasteiger partial charge in [0, 0.05) is 5.92 Å². The largest absolute Gasteiger partial charge is 0.461 e. The molecule has 1 saturated carbocycles. The Hall–Kier alpha value is -2.37. The highest BCUT2D eigenvalue weighted by molar-refractivity contribution is 5.54. The Kier molecular flexibility index (Phi) is 4.44. The third-order valence-electron chi connectivity index (χ3n) is 6.01. The van der Waals surface area contributed by atoms with Crippen LogP contribution in [0.3, 0.4) is 0 Å². The molecule has 3 aromatic rings. The number of hydrogen-bond acceptors (Lipinski definition) is 4. The molecule has 3 heterocycles. The molecule has 0 amide bonds. The van der Waals surface area contributed by atoms with Gasteiger partial charge in [0.2, 0.25) is 0 Å². The number of furan rings is 1. The Balaban J connectivity index is 1.76. The third-order valence-corrected chi connectivity index (χ3v) is 6.01. The van der Waals surface area contributed by atoms with E-state index in [9.17, 15) is 4.79 Å². The fourth-order valence-electron chi connectivity index (χ4n) is 4.35. The van der Waals surface area contributed by atoms with Crippen LogP contribution in [-0.2, 0) is 6.42 Å². The van der Waals surface area contributed by atoms with E-state index in [1.54, 1.807) is 22.9 Å². The van der Waals surface area contributed by atoms with Crippen LogP contribution in [0.4, 0.5) is 0 Å². The van der Waals surface area contributed by atoms with Gasteiger partial charge in [-0.25, -0.2) is 9.50 Å². The minimum atomic E-state index is -0.157. The van der Waals surface area contributed by atoms with Crippen LogP contribution >= 0.6 is 0 Å². The molecule has 6 heteroatoms. The van der Waals surface area contributed by atoms with E-state index in [4.69, 9.17) is 14.5 Å². The number of nitrogens with zero attached hydrogens (tertiary/aromatic N) is 3. The van der Waals surface area contributed by atoms with E-state index in [1.165, 1.54) is 12.8 Å². The molecule has 1 aliphatic rings. The Labute approximate surface area is 159 Å². The molecule has 0 unspecified atom stereocenters. The van der Waals surface area contributed by atoms with Crippen LogP contribution in [0, 0.1) is 11.3 Å². The predicted molar refractivity (Wildman–Crippen MR) is 105 cm³/mol. The molecule has 0 radical (unpaired) electrons. The number of nitrogens with one attached hydrogen (secondary N) is 1. The Morgan fingerprint density at radius 1 is 1.26 bits per heavy atom. The summed E-state index contributed by atoms with van der Waals surface area (Å²) in [4.78, 5) is 20.5. The molecule has 4 rings (SSSR count). The number of hydrogen-bond donors (Lipinski definition) is 1. The second-order valence-corrected chi connectivity index (χ2v) is 8.73. The lowest BCUT2D eigenvalue weighted by Gasteiger charge is -2.36. The number of fused-ring (bicyclic) bond motifs is 1. The first-order chi connectivity index (χ1) is 12.9. The van der Waals surface area contributed by atoms with Gasteiger partial charge in [-0.2, -0.15) is 0 Å². The first kappa shape index (κ1) is 18.0. The molecule has 0 saturated heterocycles. The molecule has 3 aromatic heterocycles. The molecular formula is C21H28N4O2. The maximum Gasteiger partial charge on any atom is 0.277 e. The van der Waals surface area contributed by atoms with Gasteiger partial charge in [-0.15, -0.1) is 5.10 Å². The molecule has 144 valence electrons. The van der Waals surface area contributed by atoms with Crippen molar-refractivity contribution in [3.8, 4) is 11.6 Å². The van der Waals surface area contributed by atoms with E-state index in [1.807, 2.05) is 6.92 Å². The molecule has 27 heavy (non-hydrogen) atoms. The van der Waals surface area contributed by atoms with E-state index >= 15 is 0 Å². The summed E-state index contributed by atoms with van der Waals surface area (Å²) in [5.41, 5.74) is 1.58. The summed E-state index contributed by atoms with van der Waals surface area (Å²) in [5, 5.41) is 4.69. The number of rotatable bonds is 3. The van der Waals surface area contributed by atoms with Gasteiger partial charge in [0.15, 0.2) is 17.1 Å². The zero-order valence-electron chi connectivity index (χ0n) is 16.6. The highest BCUT2D eigenvalue weighted by atomic mass is 16.3. The van der Waals surface area contributed by atoms with E-state index in [2.05, 4.69) is 25.8 Å². The van der Waals surface area contributed by atoms with Gasteiger partial charge in [-0.3, -0.25) is 4.79 Å². The zero-order valence-corrected chi connectivity index (χ0v) is 16.6. The first-order valence-electron chi connectivity index (χ1n) is 9.94. The molecule has 0 aliphatic heterocycles. The van der Waals surface area contributed by atoms with Gasteiger partial charge in [-0.1, -0.05) is 27.7 Å². The van der Waals surface area contributed by atoms with Crippen molar-refractivity contribution in [2.24, 2.45) is 11.3 Å². The molecule has 1 aliphatic carbocycles. The molecule has 1 N–H and O–H groups in total. The summed E-state index contributed by atoms with van der Waals surface area (Å²) < 4.78 is 7.20. The van der Waals surface area contributed by atoms with Gasteiger partial charge in [0.05, 0.1) is 12.0 Å². The summed E-state index contributed by atoms with van der Waals surface area (Å²) >= 11 is 0. The number of aromatic nitrogens is 4. The molecule has 0 bridgehead atoms. The molecule has 1 fully saturated rings.